The van der Waals surface area contributed by atoms with Gasteiger partial charge < -0.3 is 4.98 Å². The number of hydrogen-bond acceptors (Lipinski definition) is 4. The lowest BCUT2D eigenvalue weighted by Gasteiger charge is -2.11. The standard InChI is InChI=1S/C22H23N3OS/c1-5-9-15(4)19(12-16(6-2)13-23)17(7-3)20-14-27-22(25-20)18-10-8-11-24-21(18)26/h6-8,10-12,14H,2,5,9H2,1,3-4H3,(H,24,26)/b16-12+,17-7+,19-15-. The van der Waals surface area contributed by atoms with Crippen molar-refractivity contribution in [2.45, 2.75) is 33.6 Å². The van der Waals surface area contributed by atoms with Gasteiger partial charge in [0.2, 0.25) is 0 Å². The third kappa shape index (κ3) is 4.81. The first-order chi connectivity index (χ1) is 13.0. The minimum atomic E-state index is -0.156. The summed E-state index contributed by atoms with van der Waals surface area (Å²) in [5, 5.41) is 11.9. The SMILES string of the molecule is C=C\C(C#N)=C/C(=C(\C)CCC)C(=C\C)/c1csc(-c2ccc[nH]c2=O)n1. The highest BCUT2D eigenvalue weighted by Crippen LogP contribution is 2.32. The fourth-order valence-corrected chi connectivity index (χ4v) is 3.63. The number of hydrogen-bond donors (Lipinski definition) is 1. The van der Waals surface area contributed by atoms with Gasteiger partial charge in [-0.2, -0.15) is 5.26 Å². The molecular formula is C22H23N3OS. The maximum atomic E-state index is 12.0. The lowest BCUT2D eigenvalue weighted by Crippen LogP contribution is -2.06. The van der Waals surface area contributed by atoms with Crippen LogP contribution in [0, 0.1) is 11.3 Å². The average molecular weight is 378 g/mol. The molecule has 0 saturated carbocycles. The maximum absolute atomic E-state index is 12.0. The van der Waals surface area contributed by atoms with E-state index in [0.29, 0.717) is 16.1 Å². The van der Waals surface area contributed by atoms with Crippen LogP contribution in [0.15, 0.2) is 70.0 Å². The van der Waals surface area contributed by atoms with Crippen molar-refractivity contribution >= 4 is 16.9 Å². The summed E-state index contributed by atoms with van der Waals surface area (Å²) in [4.78, 5) is 19.4. The molecule has 0 unspecified atom stereocenters. The lowest BCUT2D eigenvalue weighted by molar-refractivity contribution is 0.900. The second-order valence-electron chi connectivity index (χ2n) is 6.01. The fourth-order valence-electron chi connectivity index (χ4n) is 2.79. The van der Waals surface area contributed by atoms with Crippen molar-refractivity contribution < 1.29 is 0 Å². The Morgan fingerprint density at radius 2 is 2.26 bits per heavy atom. The zero-order valence-electron chi connectivity index (χ0n) is 15.9. The Hall–Kier alpha value is -2.97. The van der Waals surface area contributed by atoms with Crippen LogP contribution >= 0.6 is 11.3 Å². The van der Waals surface area contributed by atoms with E-state index in [-0.39, 0.29) is 5.56 Å². The van der Waals surface area contributed by atoms with Crippen molar-refractivity contribution in [1.82, 2.24) is 9.97 Å². The number of aromatic amines is 1. The van der Waals surface area contributed by atoms with E-state index in [2.05, 4.69) is 31.5 Å². The van der Waals surface area contributed by atoms with Gasteiger partial charge in [-0.3, -0.25) is 4.79 Å². The Bertz CT molecular complexity index is 1010. The molecular weight excluding hydrogens is 354 g/mol. The molecule has 0 spiro atoms. The maximum Gasteiger partial charge on any atom is 0.258 e. The molecule has 0 fully saturated rings. The normalized spacial score (nSPS) is 13.1. The summed E-state index contributed by atoms with van der Waals surface area (Å²) in [5.74, 6) is 0. The van der Waals surface area contributed by atoms with Crippen molar-refractivity contribution in [3.05, 3.63) is 81.3 Å². The number of aromatic nitrogens is 2. The van der Waals surface area contributed by atoms with Gasteiger partial charge in [-0.15, -0.1) is 11.3 Å². The zero-order chi connectivity index (χ0) is 19.8. The summed E-state index contributed by atoms with van der Waals surface area (Å²) < 4.78 is 0. The molecule has 0 bridgehead atoms. The molecule has 0 aliphatic rings. The van der Waals surface area contributed by atoms with E-state index < -0.39 is 0 Å². The molecule has 0 atom stereocenters. The molecule has 4 nitrogen and oxygen atoms in total. The second-order valence-corrected chi connectivity index (χ2v) is 6.87. The number of thiazole rings is 1. The smallest absolute Gasteiger partial charge is 0.258 e. The third-order valence-electron chi connectivity index (χ3n) is 4.14. The van der Waals surface area contributed by atoms with Crippen LogP contribution in [0.5, 0.6) is 0 Å². The highest BCUT2D eigenvalue weighted by Gasteiger charge is 2.15. The molecule has 2 aromatic rings. The number of nitrogens with zero attached hydrogens (tertiary/aromatic N) is 2. The van der Waals surface area contributed by atoms with E-state index in [1.807, 2.05) is 24.5 Å². The Kier molecular flexibility index (Phi) is 7.27. The minimum Gasteiger partial charge on any atom is -0.329 e. The summed E-state index contributed by atoms with van der Waals surface area (Å²) in [6.07, 6.45) is 8.96. The predicted molar refractivity (Wildman–Crippen MR) is 113 cm³/mol. The summed E-state index contributed by atoms with van der Waals surface area (Å²) in [5.41, 5.74) is 4.82. The number of nitriles is 1. The largest absolute Gasteiger partial charge is 0.329 e. The molecule has 138 valence electrons. The third-order valence-corrected chi connectivity index (χ3v) is 5.02. The van der Waals surface area contributed by atoms with Gasteiger partial charge >= 0.3 is 0 Å². The highest BCUT2D eigenvalue weighted by molar-refractivity contribution is 7.13. The van der Waals surface area contributed by atoms with Crippen LogP contribution in [-0.4, -0.2) is 9.97 Å². The number of H-pyrrole nitrogens is 1. The van der Waals surface area contributed by atoms with Crippen molar-refractivity contribution in [2.24, 2.45) is 0 Å². The molecule has 27 heavy (non-hydrogen) atoms. The van der Waals surface area contributed by atoms with Gasteiger partial charge in [-0.25, -0.2) is 4.98 Å². The van der Waals surface area contributed by atoms with Crippen LogP contribution in [0.3, 0.4) is 0 Å². The Morgan fingerprint density at radius 1 is 1.48 bits per heavy atom. The van der Waals surface area contributed by atoms with Gasteiger partial charge in [0.05, 0.1) is 22.9 Å². The van der Waals surface area contributed by atoms with E-state index >= 15 is 0 Å². The highest BCUT2D eigenvalue weighted by atomic mass is 32.1. The second kappa shape index (κ2) is 9.65. The number of allylic oxidation sites excluding steroid dienone is 7. The number of nitrogens with one attached hydrogen (secondary N) is 1. The molecule has 0 saturated heterocycles. The van der Waals surface area contributed by atoms with Gasteiger partial charge in [0.25, 0.3) is 5.56 Å². The van der Waals surface area contributed by atoms with Gasteiger partial charge in [-0.05, 0) is 44.1 Å². The molecule has 0 aliphatic heterocycles. The summed E-state index contributed by atoms with van der Waals surface area (Å²) >= 11 is 1.43. The van der Waals surface area contributed by atoms with Crippen molar-refractivity contribution in [3.8, 4) is 16.6 Å². The number of rotatable bonds is 7. The molecule has 5 heteroatoms. The first kappa shape index (κ1) is 20.3. The average Bonchev–Trinajstić information content (AvgIpc) is 3.15. The van der Waals surface area contributed by atoms with Crippen molar-refractivity contribution in [1.29, 1.82) is 5.26 Å². The molecule has 0 amide bonds. The molecule has 2 rings (SSSR count). The summed E-state index contributed by atoms with van der Waals surface area (Å²) in [6, 6.07) is 5.72. The van der Waals surface area contributed by atoms with Crippen LogP contribution in [-0.2, 0) is 0 Å². The van der Waals surface area contributed by atoms with Crippen LogP contribution in [0.1, 0.15) is 39.3 Å². The zero-order valence-corrected chi connectivity index (χ0v) is 16.7. The summed E-state index contributed by atoms with van der Waals surface area (Å²) in [6.45, 7) is 9.87. The van der Waals surface area contributed by atoms with Gasteiger partial charge in [0.1, 0.15) is 5.01 Å². The van der Waals surface area contributed by atoms with E-state index in [4.69, 9.17) is 4.98 Å². The van der Waals surface area contributed by atoms with E-state index in [0.717, 1.165) is 29.7 Å². The predicted octanol–water partition coefficient (Wildman–Crippen LogP) is 5.65. The Labute approximate surface area is 163 Å². The summed E-state index contributed by atoms with van der Waals surface area (Å²) in [7, 11) is 0. The topological polar surface area (TPSA) is 69.5 Å². The first-order valence-corrected chi connectivity index (χ1v) is 9.68. The van der Waals surface area contributed by atoms with Gasteiger partial charge in [0, 0.05) is 17.2 Å². The molecule has 2 aromatic heterocycles. The fraction of sp³-hybridized carbons (Fsp3) is 0.227. The monoisotopic (exact) mass is 377 g/mol. The van der Waals surface area contributed by atoms with Crippen LogP contribution in [0.4, 0.5) is 0 Å². The van der Waals surface area contributed by atoms with Crippen molar-refractivity contribution in [3.63, 3.8) is 0 Å². The molecule has 0 aliphatic carbocycles. The van der Waals surface area contributed by atoms with Gasteiger partial charge in [0.15, 0.2) is 0 Å². The van der Waals surface area contributed by atoms with Crippen molar-refractivity contribution in [2.75, 3.05) is 0 Å². The van der Waals surface area contributed by atoms with E-state index in [1.54, 1.807) is 24.4 Å². The molecule has 0 radical (unpaired) electrons. The Morgan fingerprint density at radius 3 is 2.85 bits per heavy atom. The van der Waals surface area contributed by atoms with E-state index in [9.17, 15) is 10.1 Å². The lowest BCUT2D eigenvalue weighted by atomic mass is 9.94. The molecule has 2 heterocycles. The minimum absolute atomic E-state index is 0.156. The van der Waals surface area contributed by atoms with Crippen LogP contribution in [0.2, 0.25) is 0 Å². The van der Waals surface area contributed by atoms with E-state index in [1.165, 1.54) is 16.9 Å². The number of pyridine rings is 1. The molecule has 1 N–H and O–H groups in total. The van der Waals surface area contributed by atoms with Crippen LogP contribution in [0.25, 0.3) is 16.1 Å². The Balaban J connectivity index is 2.57. The van der Waals surface area contributed by atoms with Gasteiger partial charge in [-0.1, -0.05) is 37.6 Å². The quantitative estimate of drug-likeness (QED) is 0.500. The van der Waals surface area contributed by atoms with Crippen LogP contribution < -0.4 is 5.56 Å². The molecule has 0 aromatic carbocycles. The first-order valence-electron chi connectivity index (χ1n) is 8.80.